The lowest BCUT2D eigenvalue weighted by molar-refractivity contribution is -0.139. The molecule has 0 saturated carbocycles. The van der Waals surface area contributed by atoms with Gasteiger partial charge in [-0.05, 0) is 16.3 Å². The maximum atomic E-state index is 10.9. The van der Waals surface area contributed by atoms with Crippen molar-refractivity contribution in [3.63, 3.8) is 0 Å². The zero-order chi connectivity index (χ0) is 12.4. The summed E-state index contributed by atoms with van der Waals surface area (Å²) < 4.78 is 0. The molecule has 0 bridgehead atoms. The Kier molecular flexibility index (Phi) is 3.11. The second kappa shape index (κ2) is 4.55. The first-order valence-corrected chi connectivity index (χ1v) is 5.56. The van der Waals surface area contributed by atoms with Gasteiger partial charge in [0.25, 0.3) is 0 Å². The summed E-state index contributed by atoms with van der Waals surface area (Å²) in [4.78, 5) is 10.9. The molecule has 0 aromatic heterocycles. The van der Waals surface area contributed by atoms with Crippen LogP contribution in [0.4, 0.5) is 0 Å². The van der Waals surface area contributed by atoms with Gasteiger partial charge in [0.2, 0.25) is 0 Å². The van der Waals surface area contributed by atoms with E-state index in [9.17, 15) is 4.79 Å². The molecule has 0 aliphatic rings. The van der Waals surface area contributed by atoms with Crippen LogP contribution in [0.2, 0.25) is 0 Å². The average molecular weight is 229 g/mol. The lowest BCUT2D eigenvalue weighted by atomic mass is 9.92. The van der Waals surface area contributed by atoms with Gasteiger partial charge in [-0.3, -0.25) is 4.79 Å². The standard InChI is InChI=1S/C14H15NO2/c1-9(13(15)14(16)17)11-7-6-10-4-2-3-5-12(10)8-11/h2-9,13H,15H2,1H3,(H,16,17)/t9-,13+/m1/s1. The smallest absolute Gasteiger partial charge is 0.321 e. The largest absolute Gasteiger partial charge is 0.480 e. The maximum absolute atomic E-state index is 10.9. The van der Waals surface area contributed by atoms with Crippen LogP contribution in [0.15, 0.2) is 42.5 Å². The summed E-state index contributed by atoms with van der Waals surface area (Å²) in [6.07, 6.45) is 0. The molecular weight excluding hydrogens is 214 g/mol. The van der Waals surface area contributed by atoms with Gasteiger partial charge in [-0.2, -0.15) is 0 Å². The monoisotopic (exact) mass is 229 g/mol. The molecule has 0 amide bonds. The van der Waals surface area contributed by atoms with Crippen LogP contribution in [-0.2, 0) is 4.79 Å². The number of fused-ring (bicyclic) bond motifs is 1. The summed E-state index contributed by atoms with van der Waals surface area (Å²) in [5.41, 5.74) is 6.59. The lowest BCUT2D eigenvalue weighted by Crippen LogP contribution is -2.35. The molecule has 3 nitrogen and oxygen atoms in total. The van der Waals surface area contributed by atoms with Crippen molar-refractivity contribution in [3.8, 4) is 0 Å². The van der Waals surface area contributed by atoms with E-state index in [2.05, 4.69) is 0 Å². The second-order valence-electron chi connectivity index (χ2n) is 4.26. The predicted octanol–water partition coefficient (Wildman–Crippen LogP) is 2.36. The Bertz CT molecular complexity index is 551. The Morgan fingerprint density at radius 1 is 1.18 bits per heavy atom. The van der Waals surface area contributed by atoms with Gasteiger partial charge >= 0.3 is 5.97 Å². The van der Waals surface area contributed by atoms with Crippen LogP contribution >= 0.6 is 0 Å². The van der Waals surface area contributed by atoms with Crippen LogP contribution < -0.4 is 5.73 Å². The van der Waals surface area contributed by atoms with Gasteiger partial charge in [0.15, 0.2) is 0 Å². The van der Waals surface area contributed by atoms with Gasteiger partial charge in [0, 0.05) is 5.92 Å². The Morgan fingerprint density at radius 2 is 1.82 bits per heavy atom. The van der Waals surface area contributed by atoms with E-state index in [4.69, 9.17) is 10.8 Å². The van der Waals surface area contributed by atoms with Crippen molar-refractivity contribution in [3.05, 3.63) is 48.0 Å². The zero-order valence-corrected chi connectivity index (χ0v) is 9.63. The lowest BCUT2D eigenvalue weighted by Gasteiger charge is -2.16. The zero-order valence-electron chi connectivity index (χ0n) is 9.63. The van der Waals surface area contributed by atoms with Gasteiger partial charge in [0.1, 0.15) is 6.04 Å². The van der Waals surface area contributed by atoms with E-state index in [1.165, 1.54) is 0 Å². The number of rotatable bonds is 3. The summed E-state index contributed by atoms with van der Waals surface area (Å²) in [5.74, 6) is -1.16. The molecule has 0 radical (unpaired) electrons. The molecular formula is C14H15NO2. The third-order valence-electron chi connectivity index (χ3n) is 3.12. The van der Waals surface area contributed by atoms with Crippen molar-refractivity contribution in [1.29, 1.82) is 0 Å². The molecule has 0 saturated heterocycles. The molecule has 3 N–H and O–H groups in total. The van der Waals surface area contributed by atoms with Gasteiger partial charge in [0.05, 0.1) is 0 Å². The highest BCUT2D eigenvalue weighted by atomic mass is 16.4. The summed E-state index contributed by atoms with van der Waals surface area (Å²) in [6, 6.07) is 13.1. The molecule has 0 aliphatic heterocycles. The molecule has 3 heteroatoms. The second-order valence-corrected chi connectivity index (χ2v) is 4.26. The molecule has 0 aliphatic carbocycles. The van der Waals surface area contributed by atoms with E-state index in [0.29, 0.717) is 0 Å². The summed E-state index contributed by atoms with van der Waals surface area (Å²) >= 11 is 0. The van der Waals surface area contributed by atoms with Crippen molar-refractivity contribution in [2.24, 2.45) is 5.73 Å². The summed E-state index contributed by atoms with van der Waals surface area (Å²) in [7, 11) is 0. The number of carboxylic acids is 1. The van der Waals surface area contributed by atoms with Gasteiger partial charge in [-0.1, -0.05) is 49.4 Å². The Labute approximate surface area is 99.9 Å². The van der Waals surface area contributed by atoms with E-state index >= 15 is 0 Å². The third-order valence-corrected chi connectivity index (χ3v) is 3.12. The molecule has 0 fully saturated rings. The number of hydrogen-bond donors (Lipinski definition) is 2. The molecule has 0 spiro atoms. The molecule has 2 atom stereocenters. The maximum Gasteiger partial charge on any atom is 0.321 e. The van der Waals surface area contributed by atoms with Crippen LogP contribution in [0, 0.1) is 0 Å². The molecule has 88 valence electrons. The highest BCUT2D eigenvalue weighted by molar-refractivity contribution is 5.83. The van der Waals surface area contributed by atoms with Crippen LogP contribution in [0.1, 0.15) is 18.4 Å². The average Bonchev–Trinajstić information content (AvgIpc) is 2.36. The summed E-state index contributed by atoms with van der Waals surface area (Å²) in [5, 5.41) is 11.2. The van der Waals surface area contributed by atoms with Gasteiger partial charge < -0.3 is 10.8 Å². The van der Waals surface area contributed by atoms with Gasteiger partial charge in [-0.15, -0.1) is 0 Å². The minimum Gasteiger partial charge on any atom is -0.480 e. The highest BCUT2D eigenvalue weighted by Gasteiger charge is 2.21. The first-order chi connectivity index (χ1) is 8.09. The van der Waals surface area contributed by atoms with Crippen molar-refractivity contribution in [2.75, 3.05) is 0 Å². The topological polar surface area (TPSA) is 63.3 Å². The molecule has 2 rings (SSSR count). The van der Waals surface area contributed by atoms with Crippen molar-refractivity contribution in [2.45, 2.75) is 18.9 Å². The number of benzene rings is 2. The Balaban J connectivity index is 2.39. The normalized spacial score (nSPS) is 14.5. The fourth-order valence-corrected chi connectivity index (χ4v) is 1.91. The van der Waals surface area contributed by atoms with Crippen LogP contribution in [0.3, 0.4) is 0 Å². The Morgan fingerprint density at radius 3 is 2.47 bits per heavy atom. The van der Waals surface area contributed by atoms with E-state index in [-0.39, 0.29) is 5.92 Å². The minimum absolute atomic E-state index is 0.197. The fraction of sp³-hybridized carbons (Fsp3) is 0.214. The van der Waals surface area contributed by atoms with E-state index in [0.717, 1.165) is 16.3 Å². The fourth-order valence-electron chi connectivity index (χ4n) is 1.91. The molecule has 0 unspecified atom stereocenters. The number of carboxylic acid groups (broad SMARTS) is 1. The van der Waals surface area contributed by atoms with E-state index in [1.54, 1.807) is 0 Å². The SMILES string of the molecule is C[C@H](c1ccc2ccccc2c1)[C@H](N)C(=O)O. The quantitative estimate of drug-likeness (QED) is 0.849. The molecule has 0 heterocycles. The summed E-state index contributed by atoms with van der Waals surface area (Å²) in [6.45, 7) is 1.84. The number of nitrogens with two attached hydrogens (primary N) is 1. The molecule has 17 heavy (non-hydrogen) atoms. The third kappa shape index (κ3) is 2.29. The van der Waals surface area contributed by atoms with Crippen molar-refractivity contribution < 1.29 is 9.90 Å². The first-order valence-electron chi connectivity index (χ1n) is 5.56. The van der Waals surface area contributed by atoms with Gasteiger partial charge in [-0.25, -0.2) is 0 Å². The first kappa shape index (κ1) is 11.6. The molecule has 2 aromatic carbocycles. The molecule has 2 aromatic rings. The van der Waals surface area contributed by atoms with E-state index in [1.807, 2.05) is 49.4 Å². The Hall–Kier alpha value is -1.87. The van der Waals surface area contributed by atoms with Crippen molar-refractivity contribution in [1.82, 2.24) is 0 Å². The van der Waals surface area contributed by atoms with Crippen LogP contribution in [0.25, 0.3) is 10.8 Å². The minimum atomic E-state index is -0.967. The van der Waals surface area contributed by atoms with Crippen LogP contribution in [0.5, 0.6) is 0 Å². The number of carbonyl (C=O) groups is 1. The van der Waals surface area contributed by atoms with Crippen molar-refractivity contribution >= 4 is 16.7 Å². The number of aliphatic carboxylic acids is 1. The predicted molar refractivity (Wildman–Crippen MR) is 68.0 cm³/mol. The highest BCUT2D eigenvalue weighted by Crippen LogP contribution is 2.23. The number of hydrogen-bond acceptors (Lipinski definition) is 2. The van der Waals surface area contributed by atoms with Crippen LogP contribution in [-0.4, -0.2) is 17.1 Å². The van der Waals surface area contributed by atoms with E-state index < -0.39 is 12.0 Å².